The SMILES string of the molecule is CCOc1cc(C2/C(=C(\O)c3ccc(OC)cc3OC)C(=O)C(=O)N2CCc2ccc(F)cc2)ccc1O. The maximum absolute atomic E-state index is 13.4. The number of hydrogen-bond donors (Lipinski definition) is 2. The molecule has 0 aliphatic carbocycles. The van der Waals surface area contributed by atoms with Gasteiger partial charge in [0, 0.05) is 12.6 Å². The molecule has 1 amide bonds. The lowest BCUT2D eigenvalue weighted by Gasteiger charge is -2.26. The number of nitrogens with zero attached hydrogens (tertiary/aromatic N) is 1. The maximum Gasteiger partial charge on any atom is 0.295 e. The van der Waals surface area contributed by atoms with Crippen molar-refractivity contribution in [2.45, 2.75) is 19.4 Å². The zero-order valence-corrected chi connectivity index (χ0v) is 21.2. The monoisotopic (exact) mass is 521 g/mol. The Labute approximate surface area is 219 Å². The zero-order chi connectivity index (χ0) is 27.4. The topological polar surface area (TPSA) is 106 Å². The summed E-state index contributed by atoms with van der Waals surface area (Å²) in [4.78, 5) is 28.0. The molecule has 0 radical (unpaired) electrons. The summed E-state index contributed by atoms with van der Waals surface area (Å²) in [5.74, 6) is -1.65. The average molecular weight is 522 g/mol. The van der Waals surface area contributed by atoms with Gasteiger partial charge in [0.15, 0.2) is 11.5 Å². The number of carbonyl (C=O) groups excluding carboxylic acids is 2. The highest BCUT2D eigenvalue weighted by Gasteiger charge is 2.46. The minimum atomic E-state index is -0.984. The van der Waals surface area contributed by atoms with Crippen LogP contribution in [0.4, 0.5) is 4.39 Å². The fraction of sp³-hybridized carbons (Fsp3) is 0.241. The van der Waals surface area contributed by atoms with Gasteiger partial charge in [-0.15, -0.1) is 0 Å². The van der Waals surface area contributed by atoms with Gasteiger partial charge in [-0.2, -0.15) is 0 Å². The molecule has 1 saturated heterocycles. The number of halogens is 1. The van der Waals surface area contributed by atoms with Crippen molar-refractivity contribution < 1.29 is 38.4 Å². The van der Waals surface area contributed by atoms with E-state index >= 15 is 0 Å². The summed E-state index contributed by atoms with van der Waals surface area (Å²) in [6.45, 7) is 2.16. The summed E-state index contributed by atoms with van der Waals surface area (Å²) >= 11 is 0. The molecule has 0 aromatic heterocycles. The summed E-state index contributed by atoms with van der Waals surface area (Å²) in [6.07, 6.45) is 0.339. The number of rotatable bonds is 9. The van der Waals surface area contributed by atoms with Crippen LogP contribution >= 0.6 is 0 Å². The first-order valence-corrected chi connectivity index (χ1v) is 12.0. The minimum absolute atomic E-state index is 0.101. The van der Waals surface area contributed by atoms with Crippen molar-refractivity contribution in [3.05, 3.63) is 88.7 Å². The van der Waals surface area contributed by atoms with E-state index in [9.17, 15) is 24.2 Å². The minimum Gasteiger partial charge on any atom is -0.507 e. The molecule has 1 aliphatic heterocycles. The van der Waals surface area contributed by atoms with Crippen LogP contribution in [-0.4, -0.2) is 54.2 Å². The molecule has 0 saturated carbocycles. The van der Waals surface area contributed by atoms with E-state index in [1.807, 2.05) is 0 Å². The van der Waals surface area contributed by atoms with E-state index in [4.69, 9.17) is 14.2 Å². The third kappa shape index (κ3) is 5.13. The van der Waals surface area contributed by atoms with Gasteiger partial charge < -0.3 is 29.3 Å². The molecule has 0 bridgehead atoms. The van der Waals surface area contributed by atoms with E-state index < -0.39 is 23.5 Å². The van der Waals surface area contributed by atoms with Crippen molar-refractivity contribution in [3.8, 4) is 23.0 Å². The molecule has 0 spiro atoms. The number of Topliss-reactive ketones (excluding diaryl/α,β-unsaturated/α-hetero) is 1. The number of ether oxygens (including phenoxy) is 3. The van der Waals surface area contributed by atoms with Crippen molar-refractivity contribution in [2.75, 3.05) is 27.4 Å². The second-order valence-corrected chi connectivity index (χ2v) is 8.60. The van der Waals surface area contributed by atoms with Crippen molar-refractivity contribution in [2.24, 2.45) is 0 Å². The van der Waals surface area contributed by atoms with Gasteiger partial charge >= 0.3 is 0 Å². The fourth-order valence-corrected chi connectivity index (χ4v) is 4.47. The van der Waals surface area contributed by atoms with Crippen LogP contribution in [0.25, 0.3) is 5.76 Å². The molecule has 3 aromatic carbocycles. The summed E-state index contributed by atoms with van der Waals surface area (Å²) < 4.78 is 29.5. The molecule has 4 rings (SSSR count). The van der Waals surface area contributed by atoms with Gasteiger partial charge in [0.25, 0.3) is 11.7 Å². The van der Waals surface area contributed by atoms with Gasteiger partial charge in [0.1, 0.15) is 23.1 Å². The molecular weight excluding hydrogens is 493 g/mol. The lowest BCUT2D eigenvalue weighted by molar-refractivity contribution is -0.139. The molecule has 1 heterocycles. The number of phenolic OH excluding ortho intramolecular Hbond substituents is 1. The van der Waals surface area contributed by atoms with E-state index in [0.717, 1.165) is 5.56 Å². The van der Waals surface area contributed by atoms with Crippen LogP contribution in [0.1, 0.15) is 29.7 Å². The lowest BCUT2D eigenvalue weighted by Crippen LogP contribution is -2.31. The lowest BCUT2D eigenvalue weighted by atomic mass is 9.94. The van der Waals surface area contributed by atoms with Crippen molar-refractivity contribution in [1.82, 2.24) is 4.90 Å². The first-order valence-electron chi connectivity index (χ1n) is 12.0. The standard InChI is InChI=1S/C29H28FNO7/c1-4-38-24-15-18(7-12-22(24)32)26-25(27(33)21-11-10-20(36-2)16-23(21)37-3)28(34)29(35)31(26)14-13-17-5-8-19(30)9-6-17/h5-12,15-16,26,32-33H,4,13-14H2,1-3H3/b27-25+. The van der Waals surface area contributed by atoms with Gasteiger partial charge in [-0.1, -0.05) is 18.2 Å². The second-order valence-electron chi connectivity index (χ2n) is 8.60. The largest absolute Gasteiger partial charge is 0.507 e. The number of aliphatic hydroxyl groups is 1. The van der Waals surface area contributed by atoms with Gasteiger partial charge in [-0.3, -0.25) is 9.59 Å². The van der Waals surface area contributed by atoms with E-state index in [1.54, 1.807) is 49.4 Å². The van der Waals surface area contributed by atoms with Crippen molar-refractivity contribution in [1.29, 1.82) is 0 Å². The number of phenols is 1. The predicted molar refractivity (Wildman–Crippen MR) is 138 cm³/mol. The van der Waals surface area contributed by atoms with Gasteiger partial charge in [0.05, 0.1) is 38.0 Å². The molecular formula is C29H28FNO7. The Hall–Kier alpha value is -4.53. The van der Waals surface area contributed by atoms with E-state index in [-0.39, 0.29) is 47.4 Å². The Bertz CT molecular complexity index is 1380. The molecule has 1 aliphatic rings. The number of hydrogen-bond acceptors (Lipinski definition) is 7. The number of benzene rings is 3. The molecule has 2 N–H and O–H groups in total. The van der Waals surface area contributed by atoms with Crippen molar-refractivity contribution in [3.63, 3.8) is 0 Å². The number of ketones is 1. The van der Waals surface area contributed by atoms with Crippen LogP contribution in [-0.2, 0) is 16.0 Å². The number of aromatic hydroxyl groups is 1. The molecule has 8 nitrogen and oxygen atoms in total. The first kappa shape index (κ1) is 26.5. The van der Waals surface area contributed by atoms with Gasteiger partial charge in [0.2, 0.25) is 0 Å². The Morgan fingerprint density at radius 1 is 0.974 bits per heavy atom. The van der Waals surface area contributed by atoms with Crippen LogP contribution in [0.3, 0.4) is 0 Å². The number of carbonyl (C=O) groups is 2. The number of methoxy groups -OCH3 is 2. The molecule has 1 atom stereocenters. The molecule has 9 heteroatoms. The normalized spacial score (nSPS) is 16.5. The summed E-state index contributed by atoms with van der Waals surface area (Å²) in [5.41, 5.74) is 1.30. The zero-order valence-electron chi connectivity index (χ0n) is 21.2. The highest BCUT2D eigenvalue weighted by molar-refractivity contribution is 6.46. The van der Waals surface area contributed by atoms with Crippen LogP contribution in [0.15, 0.2) is 66.2 Å². The number of amides is 1. The van der Waals surface area contributed by atoms with Crippen molar-refractivity contribution >= 4 is 17.4 Å². The molecule has 3 aromatic rings. The second kappa shape index (κ2) is 11.2. The Balaban J connectivity index is 1.84. The molecule has 1 unspecified atom stereocenters. The van der Waals surface area contributed by atoms with Gasteiger partial charge in [-0.25, -0.2) is 4.39 Å². The van der Waals surface area contributed by atoms with Crippen LogP contribution in [0, 0.1) is 5.82 Å². The molecule has 38 heavy (non-hydrogen) atoms. The highest BCUT2D eigenvalue weighted by Crippen LogP contribution is 2.43. The van der Waals surface area contributed by atoms with Gasteiger partial charge in [-0.05, 0) is 60.9 Å². The number of likely N-dealkylation sites (tertiary alicyclic amines) is 1. The van der Waals surface area contributed by atoms with E-state index in [0.29, 0.717) is 17.7 Å². The fourth-order valence-electron chi connectivity index (χ4n) is 4.47. The molecule has 1 fully saturated rings. The predicted octanol–water partition coefficient (Wildman–Crippen LogP) is 4.61. The summed E-state index contributed by atoms with van der Waals surface area (Å²) in [6, 6.07) is 14.1. The Morgan fingerprint density at radius 2 is 1.71 bits per heavy atom. The third-order valence-electron chi connectivity index (χ3n) is 6.36. The van der Waals surface area contributed by atoms with Crippen LogP contribution in [0.2, 0.25) is 0 Å². The molecule has 198 valence electrons. The third-order valence-corrected chi connectivity index (χ3v) is 6.36. The number of aliphatic hydroxyl groups excluding tert-OH is 1. The van der Waals surface area contributed by atoms with E-state index in [2.05, 4.69) is 0 Å². The Kier molecular flexibility index (Phi) is 7.85. The summed E-state index contributed by atoms with van der Waals surface area (Å²) in [5, 5.41) is 21.6. The van der Waals surface area contributed by atoms with E-state index in [1.165, 1.54) is 37.3 Å². The average Bonchev–Trinajstić information content (AvgIpc) is 3.18. The summed E-state index contributed by atoms with van der Waals surface area (Å²) in [7, 11) is 2.90. The van der Waals surface area contributed by atoms with Crippen LogP contribution < -0.4 is 14.2 Å². The first-order chi connectivity index (χ1) is 18.3. The quantitative estimate of drug-likeness (QED) is 0.241. The maximum atomic E-state index is 13.4. The highest BCUT2D eigenvalue weighted by atomic mass is 19.1. The smallest absolute Gasteiger partial charge is 0.295 e. The Morgan fingerprint density at radius 3 is 2.37 bits per heavy atom. The van der Waals surface area contributed by atoms with Crippen LogP contribution in [0.5, 0.6) is 23.0 Å².